The lowest BCUT2D eigenvalue weighted by atomic mass is 10.1. The molecule has 2 aliphatic rings. The van der Waals surface area contributed by atoms with E-state index in [0.717, 1.165) is 11.4 Å². The zero-order valence-electron chi connectivity index (χ0n) is 28.2. The Morgan fingerprint density at radius 1 is 0.615 bits per heavy atom. The van der Waals surface area contributed by atoms with Gasteiger partial charge in [0, 0.05) is 97.6 Å². The molecule has 0 saturated carbocycles. The maximum Gasteiger partial charge on any atom is 0.268 e. The van der Waals surface area contributed by atoms with Crippen molar-refractivity contribution in [3.63, 3.8) is 0 Å². The second kappa shape index (κ2) is 17.1. The average Bonchev–Trinajstić information content (AvgIpc) is 3.18. The molecule has 2 aromatic heterocycles. The number of rotatable bonds is 9. The number of nitrogens with zero attached hydrogens (tertiary/aromatic N) is 6. The number of carbonyl (C=O) groups excluding carboxylic acids is 3. The van der Waals surface area contributed by atoms with Crippen LogP contribution in [0.4, 0.5) is 11.4 Å². The third-order valence-corrected chi connectivity index (χ3v) is 9.27. The second-order valence-corrected chi connectivity index (χ2v) is 13.1. The summed E-state index contributed by atoms with van der Waals surface area (Å²) in [6.45, 7) is 5.00. The van der Waals surface area contributed by atoms with Gasteiger partial charge in [-0.2, -0.15) is 0 Å². The van der Waals surface area contributed by atoms with E-state index in [0.29, 0.717) is 90.8 Å². The molecule has 13 heteroatoms. The van der Waals surface area contributed by atoms with Gasteiger partial charge in [0.15, 0.2) is 0 Å². The first-order valence-electron chi connectivity index (χ1n) is 16.8. The minimum Gasteiger partial charge on any atom is -0.368 e. The summed E-state index contributed by atoms with van der Waals surface area (Å²) < 4.78 is 0. The minimum atomic E-state index is -0.764. The van der Waals surface area contributed by atoms with Crippen LogP contribution in [0.5, 0.6) is 0 Å². The van der Waals surface area contributed by atoms with Gasteiger partial charge in [0.05, 0.1) is 22.8 Å². The van der Waals surface area contributed by atoms with E-state index in [2.05, 4.69) is 19.8 Å². The molecule has 2 N–H and O–H groups in total. The normalized spacial score (nSPS) is 14.9. The molecular formula is C39H37Cl2N7O4. The molecule has 2 aliphatic heterocycles. The number of hydroxylamine groups is 1. The summed E-state index contributed by atoms with van der Waals surface area (Å²) in [4.78, 5) is 55.8. The predicted molar refractivity (Wildman–Crippen MR) is 204 cm³/mol. The number of anilines is 2. The number of nitrogens with one attached hydrogen (secondary N) is 1. The summed E-state index contributed by atoms with van der Waals surface area (Å²) in [5, 5.41) is 10.6. The molecule has 2 aromatic carbocycles. The molecule has 266 valence electrons. The highest BCUT2D eigenvalue weighted by atomic mass is 35.5. The van der Waals surface area contributed by atoms with Crippen molar-refractivity contribution in [3.05, 3.63) is 136 Å². The molecule has 4 aromatic rings. The average molecular weight is 739 g/mol. The van der Waals surface area contributed by atoms with Crippen molar-refractivity contribution in [2.24, 2.45) is 0 Å². The molecule has 0 spiro atoms. The largest absolute Gasteiger partial charge is 0.368 e. The molecular weight excluding hydrogens is 701 g/mol. The van der Waals surface area contributed by atoms with Gasteiger partial charge in [0.2, 0.25) is 11.8 Å². The van der Waals surface area contributed by atoms with Gasteiger partial charge in [0.1, 0.15) is 0 Å². The first-order valence-corrected chi connectivity index (χ1v) is 17.6. The smallest absolute Gasteiger partial charge is 0.268 e. The lowest BCUT2D eigenvalue weighted by Gasteiger charge is -2.35. The lowest BCUT2D eigenvalue weighted by molar-refractivity contribution is -0.127. The Kier molecular flexibility index (Phi) is 12.0. The topological polar surface area (TPSA) is 122 Å². The van der Waals surface area contributed by atoms with E-state index < -0.39 is 5.91 Å². The highest BCUT2D eigenvalue weighted by molar-refractivity contribution is 6.31. The molecule has 6 rings (SSSR count). The van der Waals surface area contributed by atoms with Crippen LogP contribution in [0.25, 0.3) is 17.7 Å². The number of carbonyl (C=O) groups is 3. The van der Waals surface area contributed by atoms with Gasteiger partial charge in [0.25, 0.3) is 5.91 Å². The number of hydrogen-bond acceptors (Lipinski definition) is 8. The van der Waals surface area contributed by atoms with Gasteiger partial charge in [-0.25, -0.2) is 15.4 Å². The Bertz CT molecular complexity index is 1890. The Morgan fingerprint density at radius 2 is 1.04 bits per heavy atom. The molecule has 52 heavy (non-hydrogen) atoms. The summed E-state index contributed by atoms with van der Waals surface area (Å²) in [5.74, 6) is -1.03. The summed E-state index contributed by atoms with van der Waals surface area (Å²) in [6.07, 6.45) is 7.43. The highest BCUT2D eigenvalue weighted by Crippen LogP contribution is 2.24. The molecule has 4 heterocycles. The maximum atomic E-state index is 13.1. The Balaban J connectivity index is 1.11. The molecule has 2 saturated heterocycles. The van der Waals surface area contributed by atoms with Gasteiger partial charge in [-0.3, -0.25) is 19.6 Å². The lowest BCUT2D eigenvalue weighted by Crippen LogP contribution is -2.48. The molecule has 0 radical (unpaired) electrons. The quantitative estimate of drug-likeness (QED) is 0.132. The zero-order chi connectivity index (χ0) is 36.5. The molecule has 0 unspecified atom stereocenters. The number of aromatic nitrogens is 2. The fourth-order valence-electron chi connectivity index (χ4n) is 6.07. The number of piperazine rings is 2. The molecule has 3 amide bonds. The van der Waals surface area contributed by atoms with Crippen LogP contribution < -0.4 is 15.3 Å². The van der Waals surface area contributed by atoms with Crippen LogP contribution in [0.3, 0.4) is 0 Å². The summed E-state index contributed by atoms with van der Waals surface area (Å²) >= 11 is 12.3. The Labute approximate surface area is 312 Å². The van der Waals surface area contributed by atoms with Crippen LogP contribution in [-0.4, -0.2) is 95.1 Å². The van der Waals surface area contributed by atoms with Gasteiger partial charge in [-0.15, -0.1) is 0 Å². The van der Waals surface area contributed by atoms with E-state index >= 15 is 0 Å². The van der Waals surface area contributed by atoms with Crippen molar-refractivity contribution >= 4 is 70.0 Å². The first kappa shape index (κ1) is 36.3. The van der Waals surface area contributed by atoms with E-state index in [4.69, 9.17) is 23.2 Å². The molecule has 11 nitrogen and oxygen atoms in total. The maximum absolute atomic E-state index is 13.1. The third-order valence-electron chi connectivity index (χ3n) is 8.80. The summed E-state index contributed by atoms with van der Waals surface area (Å²) in [5.41, 5.74) is 5.81. The number of hydrogen-bond donors (Lipinski definition) is 2. The van der Waals surface area contributed by atoms with Crippen LogP contribution in [0.2, 0.25) is 10.0 Å². The summed E-state index contributed by atoms with van der Waals surface area (Å²) in [6, 6.07) is 25.8. The van der Waals surface area contributed by atoms with Crippen LogP contribution in [0.1, 0.15) is 22.8 Å². The van der Waals surface area contributed by atoms with Crippen LogP contribution >= 0.6 is 23.2 Å². The van der Waals surface area contributed by atoms with Crippen molar-refractivity contribution < 1.29 is 19.6 Å². The Morgan fingerprint density at radius 3 is 1.44 bits per heavy atom. The monoisotopic (exact) mass is 737 g/mol. The summed E-state index contributed by atoms with van der Waals surface area (Å²) in [7, 11) is 0. The molecule has 0 atom stereocenters. The fourth-order valence-corrected chi connectivity index (χ4v) is 6.44. The molecule has 0 bridgehead atoms. The fraction of sp³-hybridized carbons (Fsp3) is 0.205. The van der Waals surface area contributed by atoms with E-state index in [-0.39, 0.29) is 11.8 Å². The number of halogens is 2. The van der Waals surface area contributed by atoms with Crippen LogP contribution in [-0.2, 0) is 14.4 Å². The van der Waals surface area contributed by atoms with Gasteiger partial charge < -0.3 is 19.6 Å². The van der Waals surface area contributed by atoms with Gasteiger partial charge >= 0.3 is 0 Å². The van der Waals surface area contributed by atoms with Gasteiger partial charge in [-0.05, 0) is 72.8 Å². The SMILES string of the molecule is O=C(C=C(c1cccc(C=CC(=O)N2CCN(c3cccc(Cl)c3)CC2)n1)c1cccc(C=CC(=O)N2CCN(c3cccc(Cl)c3)CC2)n1)NO. The van der Waals surface area contributed by atoms with E-state index in [9.17, 15) is 19.6 Å². The second-order valence-electron chi connectivity index (χ2n) is 12.2. The van der Waals surface area contributed by atoms with Crippen LogP contribution in [0, 0.1) is 0 Å². The van der Waals surface area contributed by atoms with Crippen molar-refractivity contribution in [1.29, 1.82) is 0 Å². The van der Waals surface area contributed by atoms with Gasteiger partial charge in [-0.1, -0.05) is 47.5 Å². The number of pyridine rings is 2. The zero-order valence-corrected chi connectivity index (χ0v) is 29.7. The van der Waals surface area contributed by atoms with E-state index in [1.165, 1.54) is 18.2 Å². The number of amides is 3. The molecule has 0 aliphatic carbocycles. The van der Waals surface area contributed by atoms with Crippen molar-refractivity contribution in [2.45, 2.75) is 0 Å². The third kappa shape index (κ3) is 9.43. The molecule has 2 fully saturated rings. The van der Waals surface area contributed by atoms with Crippen LogP contribution in [0.15, 0.2) is 103 Å². The van der Waals surface area contributed by atoms with Crippen molar-refractivity contribution in [3.8, 4) is 0 Å². The van der Waals surface area contributed by atoms with Crippen molar-refractivity contribution in [1.82, 2.24) is 25.2 Å². The standard InChI is InChI=1S/C39H37Cl2N7O4/c40-28-5-1-9-32(25-28)45-17-21-47(22-18-45)38(50)15-13-30-7-3-11-35(42-30)34(27-37(49)44-52)36-12-4-8-31(43-36)14-16-39(51)48-23-19-46(20-24-48)33-10-2-6-29(41)26-33/h1-16,25-27,52H,17-24H2,(H,44,49). The predicted octanol–water partition coefficient (Wildman–Crippen LogP) is 5.44. The first-order chi connectivity index (χ1) is 25.2. The Hall–Kier alpha value is -5.49. The minimum absolute atomic E-state index is 0.132. The van der Waals surface area contributed by atoms with E-state index in [1.807, 2.05) is 48.5 Å². The highest BCUT2D eigenvalue weighted by Gasteiger charge is 2.21. The van der Waals surface area contributed by atoms with Crippen molar-refractivity contribution in [2.75, 3.05) is 62.2 Å². The van der Waals surface area contributed by atoms with E-state index in [1.54, 1.807) is 63.8 Å². The number of benzene rings is 2.